The van der Waals surface area contributed by atoms with Crippen LogP contribution in [0.4, 0.5) is 0 Å². The SMILES string of the molecule is COC(=O)C1NCCCC1=S(=O)=O. The van der Waals surface area contributed by atoms with Gasteiger partial charge in [0.1, 0.15) is 6.04 Å². The van der Waals surface area contributed by atoms with E-state index in [0.29, 0.717) is 13.0 Å². The zero-order chi connectivity index (χ0) is 9.84. The van der Waals surface area contributed by atoms with Crippen molar-refractivity contribution >= 4 is 21.1 Å². The molecule has 1 atom stereocenters. The van der Waals surface area contributed by atoms with Crippen molar-refractivity contribution in [3.8, 4) is 0 Å². The van der Waals surface area contributed by atoms with Gasteiger partial charge in [-0.3, -0.25) is 0 Å². The van der Waals surface area contributed by atoms with E-state index in [-0.39, 0.29) is 4.86 Å². The van der Waals surface area contributed by atoms with Gasteiger partial charge in [0.15, 0.2) is 0 Å². The Labute approximate surface area is 77.6 Å². The fourth-order valence-corrected chi connectivity index (χ4v) is 1.96. The lowest BCUT2D eigenvalue weighted by atomic mass is 10.1. The number of carbonyl (C=O) groups is 1. The van der Waals surface area contributed by atoms with E-state index < -0.39 is 22.3 Å². The van der Waals surface area contributed by atoms with E-state index in [1.807, 2.05) is 0 Å². The van der Waals surface area contributed by atoms with Crippen LogP contribution in [0.5, 0.6) is 0 Å². The highest BCUT2D eigenvalue weighted by Crippen LogP contribution is 2.05. The van der Waals surface area contributed by atoms with Gasteiger partial charge < -0.3 is 10.1 Å². The molecule has 1 aliphatic rings. The maximum absolute atomic E-state index is 11.1. The minimum Gasteiger partial charge on any atom is -0.468 e. The van der Waals surface area contributed by atoms with Crippen molar-refractivity contribution in [2.75, 3.05) is 13.7 Å². The zero-order valence-corrected chi connectivity index (χ0v) is 8.06. The molecule has 6 heteroatoms. The van der Waals surface area contributed by atoms with Gasteiger partial charge in [0.25, 0.3) is 0 Å². The Hall–Kier alpha value is -0.880. The number of ether oxygens (including phenoxy) is 1. The first-order valence-corrected chi connectivity index (χ1v) is 5.00. The Bertz CT molecular complexity index is 324. The van der Waals surface area contributed by atoms with Gasteiger partial charge in [-0.15, -0.1) is 0 Å². The lowest BCUT2D eigenvalue weighted by molar-refractivity contribution is -0.141. The molecular formula is C7H11NO4S. The summed E-state index contributed by atoms with van der Waals surface area (Å²) in [6.45, 7) is 0.639. The number of piperidine rings is 1. The van der Waals surface area contributed by atoms with E-state index in [1.54, 1.807) is 0 Å². The van der Waals surface area contributed by atoms with Crippen LogP contribution in [-0.4, -0.2) is 38.9 Å². The highest BCUT2D eigenvalue weighted by Gasteiger charge is 2.28. The van der Waals surface area contributed by atoms with Gasteiger partial charge in [0, 0.05) is 0 Å². The van der Waals surface area contributed by atoms with Crippen LogP contribution in [0, 0.1) is 0 Å². The molecule has 74 valence electrons. The molecule has 0 radical (unpaired) electrons. The van der Waals surface area contributed by atoms with Crippen LogP contribution in [-0.2, 0) is 19.8 Å². The molecule has 0 aromatic carbocycles. The molecule has 0 aromatic rings. The molecule has 0 amide bonds. The molecular weight excluding hydrogens is 194 g/mol. The third-order valence-corrected chi connectivity index (χ3v) is 2.79. The lowest BCUT2D eigenvalue weighted by Gasteiger charge is -2.21. The van der Waals surface area contributed by atoms with Gasteiger partial charge in [-0.25, -0.2) is 4.79 Å². The molecule has 0 aromatic heterocycles. The average molecular weight is 205 g/mol. The minimum atomic E-state index is -2.30. The number of rotatable bonds is 1. The Morgan fingerprint density at radius 3 is 2.85 bits per heavy atom. The van der Waals surface area contributed by atoms with Crippen LogP contribution in [0.2, 0.25) is 0 Å². The summed E-state index contributed by atoms with van der Waals surface area (Å²) in [5, 5.41) is 2.80. The smallest absolute Gasteiger partial charge is 0.328 e. The first kappa shape index (κ1) is 10.2. The van der Waals surface area contributed by atoms with E-state index in [9.17, 15) is 13.2 Å². The maximum Gasteiger partial charge on any atom is 0.328 e. The molecule has 0 bridgehead atoms. The molecule has 0 aliphatic carbocycles. The lowest BCUT2D eigenvalue weighted by Crippen LogP contribution is -2.48. The summed E-state index contributed by atoms with van der Waals surface area (Å²) >= 11 is 0. The Balaban J connectivity index is 2.93. The van der Waals surface area contributed by atoms with Gasteiger partial charge in [-0.2, -0.15) is 8.42 Å². The fraction of sp³-hybridized carbons (Fsp3) is 0.714. The minimum absolute atomic E-state index is 0.193. The molecule has 0 spiro atoms. The van der Waals surface area contributed by atoms with Crippen molar-refractivity contribution < 1.29 is 17.9 Å². The number of hydrogen-bond acceptors (Lipinski definition) is 5. The van der Waals surface area contributed by atoms with E-state index in [1.165, 1.54) is 7.11 Å². The van der Waals surface area contributed by atoms with Crippen LogP contribution < -0.4 is 5.32 Å². The van der Waals surface area contributed by atoms with Crippen molar-refractivity contribution in [3.63, 3.8) is 0 Å². The molecule has 0 saturated carbocycles. The first-order chi connectivity index (χ1) is 6.16. The number of carbonyl (C=O) groups excluding carboxylic acids is 1. The van der Waals surface area contributed by atoms with Crippen molar-refractivity contribution in [1.82, 2.24) is 5.32 Å². The number of methoxy groups -OCH3 is 1. The summed E-state index contributed by atoms with van der Waals surface area (Å²) in [6, 6.07) is -0.780. The second-order valence-corrected chi connectivity index (χ2v) is 3.71. The van der Waals surface area contributed by atoms with Crippen LogP contribution in [0.15, 0.2) is 0 Å². The highest BCUT2D eigenvalue weighted by atomic mass is 32.2. The van der Waals surface area contributed by atoms with E-state index in [2.05, 4.69) is 10.1 Å². The van der Waals surface area contributed by atoms with E-state index >= 15 is 0 Å². The molecule has 13 heavy (non-hydrogen) atoms. The van der Waals surface area contributed by atoms with E-state index in [4.69, 9.17) is 0 Å². The maximum atomic E-state index is 11.1. The van der Waals surface area contributed by atoms with Crippen LogP contribution in [0.3, 0.4) is 0 Å². The van der Waals surface area contributed by atoms with Crippen LogP contribution in [0.1, 0.15) is 12.8 Å². The largest absolute Gasteiger partial charge is 0.468 e. The summed E-state index contributed by atoms with van der Waals surface area (Å²) in [7, 11) is -1.06. The quantitative estimate of drug-likeness (QED) is 0.437. The summed E-state index contributed by atoms with van der Waals surface area (Å²) in [5.41, 5.74) is 0. The molecule has 1 fully saturated rings. The molecule has 5 nitrogen and oxygen atoms in total. The van der Waals surface area contributed by atoms with Crippen molar-refractivity contribution in [2.24, 2.45) is 0 Å². The normalized spacial score (nSPS) is 22.5. The standard InChI is InChI=1S/C7H11NO4S/c1-12-7(9)6-5(13(10)11)3-2-4-8-6/h6,8H,2-4H2,1H3. The summed E-state index contributed by atoms with van der Waals surface area (Å²) in [4.78, 5) is 11.3. The third kappa shape index (κ3) is 2.28. The van der Waals surface area contributed by atoms with Crippen molar-refractivity contribution in [1.29, 1.82) is 0 Å². The molecule has 1 aliphatic heterocycles. The summed E-state index contributed by atoms with van der Waals surface area (Å²) < 4.78 is 25.9. The summed E-state index contributed by atoms with van der Waals surface area (Å²) in [5.74, 6) is -0.543. The topological polar surface area (TPSA) is 72.5 Å². The Morgan fingerprint density at radius 2 is 2.31 bits per heavy atom. The summed E-state index contributed by atoms with van der Waals surface area (Å²) in [6.07, 6.45) is 1.17. The predicted molar refractivity (Wildman–Crippen MR) is 47.0 cm³/mol. The van der Waals surface area contributed by atoms with E-state index in [0.717, 1.165) is 6.42 Å². The Kier molecular flexibility index (Phi) is 3.44. The van der Waals surface area contributed by atoms with Gasteiger partial charge >= 0.3 is 5.97 Å². The van der Waals surface area contributed by atoms with Crippen molar-refractivity contribution in [3.05, 3.63) is 0 Å². The van der Waals surface area contributed by atoms with Gasteiger partial charge in [0.05, 0.1) is 12.0 Å². The third-order valence-electron chi connectivity index (χ3n) is 1.92. The second kappa shape index (κ2) is 4.38. The number of esters is 1. The zero-order valence-electron chi connectivity index (χ0n) is 7.24. The van der Waals surface area contributed by atoms with Crippen LogP contribution >= 0.6 is 0 Å². The number of hydrogen-bond donors (Lipinski definition) is 1. The Morgan fingerprint density at radius 1 is 1.62 bits per heavy atom. The average Bonchev–Trinajstić information content (AvgIpc) is 2.16. The fourth-order valence-electron chi connectivity index (χ4n) is 1.28. The monoisotopic (exact) mass is 205 g/mol. The van der Waals surface area contributed by atoms with Crippen LogP contribution in [0.25, 0.3) is 0 Å². The molecule has 1 N–H and O–H groups in total. The highest BCUT2D eigenvalue weighted by molar-refractivity contribution is 7.73. The molecule has 1 rings (SSSR count). The predicted octanol–water partition coefficient (Wildman–Crippen LogP) is -1.04. The first-order valence-electron chi connectivity index (χ1n) is 3.93. The van der Waals surface area contributed by atoms with Gasteiger partial charge in [-0.1, -0.05) is 0 Å². The molecule has 1 saturated heterocycles. The molecule has 1 heterocycles. The second-order valence-electron chi connectivity index (χ2n) is 2.71. The van der Waals surface area contributed by atoms with Crippen molar-refractivity contribution in [2.45, 2.75) is 18.9 Å². The molecule has 1 unspecified atom stereocenters. The van der Waals surface area contributed by atoms with Gasteiger partial charge in [-0.05, 0) is 19.4 Å². The number of nitrogens with one attached hydrogen (secondary N) is 1. The van der Waals surface area contributed by atoms with Gasteiger partial charge in [0.2, 0.25) is 10.3 Å².